The summed E-state index contributed by atoms with van der Waals surface area (Å²) in [4.78, 5) is 26.0. The lowest BCUT2D eigenvalue weighted by Gasteiger charge is -2.14. The zero-order valence-corrected chi connectivity index (χ0v) is 12.1. The third kappa shape index (κ3) is 3.04. The summed E-state index contributed by atoms with van der Waals surface area (Å²) < 4.78 is 0. The number of nitrogens with two attached hydrogens (primary N) is 1. The molecule has 6 heteroatoms. The largest absolute Gasteiger partial charge is 0.398 e. The fourth-order valence-electron chi connectivity index (χ4n) is 1.97. The predicted molar refractivity (Wildman–Crippen MR) is 77.1 cm³/mol. The summed E-state index contributed by atoms with van der Waals surface area (Å²) >= 11 is 7.23. The van der Waals surface area contributed by atoms with E-state index in [1.807, 2.05) is 6.92 Å². The molecule has 2 rings (SSSR count). The van der Waals surface area contributed by atoms with E-state index < -0.39 is 0 Å². The molecule has 0 spiro atoms. The van der Waals surface area contributed by atoms with Crippen LogP contribution in [0.4, 0.5) is 5.69 Å². The fourth-order valence-corrected chi connectivity index (χ4v) is 3.36. The molecular formula is C13H15ClN2O2S. The van der Waals surface area contributed by atoms with E-state index in [1.165, 1.54) is 16.7 Å². The van der Waals surface area contributed by atoms with E-state index in [-0.39, 0.29) is 23.5 Å². The third-order valence-electron chi connectivity index (χ3n) is 2.89. The summed E-state index contributed by atoms with van der Waals surface area (Å²) in [7, 11) is 0. The van der Waals surface area contributed by atoms with Crippen LogP contribution in [0.15, 0.2) is 23.1 Å². The summed E-state index contributed by atoms with van der Waals surface area (Å²) in [5.74, 6) is -0.235. The van der Waals surface area contributed by atoms with Gasteiger partial charge in [-0.3, -0.25) is 14.5 Å². The molecule has 1 saturated heterocycles. The highest BCUT2D eigenvalue weighted by Crippen LogP contribution is 2.35. The molecule has 1 fully saturated rings. The molecule has 1 aromatic rings. The lowest BCUT2D eigenvalue weighted by molar-refractivity contribution is -0.138. The molecule has 1 heterocycles. The van der Waals surface area contributed by atoms with E-state index in [1.54, 1.807) is 18.2 Å². The van der Waals surface area contributed by atoms with E-state index in [0.717, 1.165) is 11.3 Å². The Morgan fingerprint density at radius 3 is 2.89 bits per heavy atom. The number of carbonyl (C=O) groups is 2. The number of halogens is 1. The van der Waals surface area contributed by atoms with Gasteiger partial charge in [0.25, 0.3) is 0 Å². The second kappa shape index (κ2) is 5.84. The Kier molecular flexibility index (Phi) is 4.37. The molecule has 2 N–H and O–H groups in total. The molecule has 4 nitrogen and oxygen atoms in total. The number of thioether (sulfide) groups is 1. The second-order valence-electron chi connectivity index (χ2n) is 4.38. The number of likely N-dealkylation sites (tertiary alicyclic amines) is 1. The Bertz CT molecular complexity index is 521. The van der Waals surface area contributed by atoms with Crippen molar-refractivity contribution in [2.45, 2.75) is 29.9 Å². The van der Waals surface area contributed by atoms with Crippen LogP contribution in [0.5, 0.6) is 0 Å². The molecule has 0 bridgehead atoms. The van der Waals surface area contributed by atoms with E-state index in [2.05, 4.69) is 0 Å². The van der Waals surface area contributed by atoms with Crippen LogP contribution in [0.25, 0.3) is 0 Å². The molecule has 2 amide bonds. The predicted octanol–water partition coefficient (Wildman–Crippen LogP) is 2.55. The van der Waals surface area contributed by atoms with Crippen molar-refractivity contribution in [2.24, 2.45) is 0 Å². The average Bonchev–Trinajstić information content (AvgIpc) is 2.62. The first-order chi connectivity index (χ1) is 9.02. The van der Waals surface area contributed by atoms with Gasteiger partial charge in [0.2, 0.25) is 11.8 Å². The highest BCUT2D eigenvalue weighted by molar-refractivity contribution is 8.00. The first-order valence-electron chi connectivity index (χ1n) is 6.08. The number of rotatable bonds is 4. The van der Waals surface area contributed by atoms with Gasteiger partial charge in [-0.25, -0.2) is 0 Å². The summed E-state index contributed by atoms with van der Waals surface area (Å²) in [6.07, 6.45) is 1.00. The van der Waals surface area contributed by atoms with Gasteiger partial charge < -0.3 is 5.73 Å². The number of anilines is 1. The lowest BCUT2D eigenvalue weighted by atomic mass is 10.3. The molecular weight excluding hydrogens is 284 g/mol. The number of imide groups is 1. The van der Waals surface area contributed by atoms with Crippen LogP contribution < -0.4 is 5.73 Å². The molecule has 0 aliphatic carbocycles. The summed E-state index contributed by atoms with van der Waals surface area (Å²) in [6, 6.07) is 5.13. The van der Waals surface area contributed by atoms with Gasteiger partial charge in [0, 0.05) is 28.6 Å². The van der Waals surface area contributed by atoms with Gasteiger partial charge >= 0.3 is 0 Å². The number of amides is 2. The maximum absolute atomic E-state index is 12.1. The van der Waals surface area contributed by atoms with Crippen molar-refractivity contribution in [1.82, 2.24) is 4.90 Å². The topological polar surface area (TPSA) is 63.4 Å². The number of carbonyl (C=O) groups excluding carboxylic acids is 2. The highest BCUT2D eigenvalue weighted by atomic mass is 35.5. The maximum Gasteiger partial charge on any atom is 0.243 e. The van der Waals surface area contributed by atoms with Crippen molar-refractivity contribution in [2.75, 3.05) is 12.3 Å². The van der Waals surface area contributed by atoms with E-state index >= 15 is 0 Å². The van der Waals surface area contributed by atoms with Crippen LogP contribution in [0.3, 0.4) is 0 Å². The van der Waals surface area contributed by atoms with E-state index in [9.17, 15) is 9.59 Å². The zero-order chi connectivity index (χ0) is 14.0. The number of hydrogen-bond donors (Lipinski definition) is 1. The molecule has 19 heavy (non-hydrogen) atoms. The number of nitrogen functional groups attached to an aromatic ring is 1. The molecule has 1 atom stereocenters. The van der Waals surface area contributed by atoms with Gasteiger partial charge in [-0.15, -0.1) is 11.8 Å². The normalized spacial score (nSPS) is 19.3. The molecule has 1 unspecified atom stereocenters. The summed E-state index contributed by atoms with van der Waals surface area (Å²) in [6.45, 7) is 2.43. The summed E-state index contributed by atoms with van der Waals surface area (Å²) in [5.41, 5.74) is 6.42. The number of benzene rings is 1. The Morgan fingerprint density at radius 2 is 2.21 bits per heavy atom. The molecule has 1 aromatic carbocycles. The third-order valence-corrected chi connectivity index (χ3v) is 4.39. The summed E-state index contributed by atoms with van der Waals surface area (Å²) in [5, 5.41) is 0.179. The smallest absolute Gasteiger partial charge is 0.243 e. The fraction of sp³-hybridized carbons (Fsp3) is 0.385. The van der Waals surface area contributed by atoms with Gasteiger partial charge in [0.1, 0.15) is 0 Å². The van der Waals surface area contributed by atoms with Crippen LogP contribution >= 0.6 is 23.4 Å². The zero-order valence-electron chi connectivity index (χ0n) is 10.6. The Hall–Kier alpha value is -1.20. The van der Waals surface area contributed by atoms with Gasteiger partial charge in [-0.05, 0) is 24.6 Å². The quantitative estimate of drug-likeness (QED) is 0.685. The Balaban J connectivity index is 2.14. The van der Waals surface area contributed by atoms with Crippen molar-refractivity contribution in [3.63, 3.8) is 0 Å². The molecule has 0 radical (unpaired) electrons. The molecule has 0 aromatic heterocycles. The van der Waals surface area contributed by atoms with Crippen LogP contribution in [0.1, 0.15) is 19.8 Å². The first-order valence-corrected chi connectivity index (χ1v) is 7.34. The van der Waals surface area contributed by atoms with E-state index in [0.29, 0.717) is 17.3 Å². The monoisotopic (exact) mass is 298 g/mol. The number of hydrogen-bond acceptors (Lipinski definition) is 4. The second-order valence-corrected chi connectivity index (χ2v) is 6.06. The van der Waals surface area contributed by atoms with E-state index in [4.69, 9.17) is 17.3 Å². The van der Waals surface area contributed by atoms with Crippen LogP contribution in [-0.2, 0) is 9.59 Å². The van der Waals surface area contributed by atoms with Gasteiger partial charge in [-0.2, -0.15) is 0 Å². The molecule has 102 valence electrons. The number of nitrogens with zero attached hydrogens (tertiary/aromatic N) is 1. The van der Waals surface area contributed by atoms with Gasteiger partial charge in [0.15, 0.2) is 0 Å². The Labute approximate surface area is 121 Å². The molecule has 0 saturated carbocycles. The molecule has 1 aliphatic heterocycles. The lowest BCUT2D eigenvalue weighted by Crippen LogP contribution is -2.31. The highest BCUT2D eigenvalue weighted by Gasteiger charge is 2.38. The first kappa shape index (κ1) is 14.2. The van der Waals surface area contributed by atoms with Crippen LogP contribution in [0.2, 0.25) is 5.02 Å². The minimum absolute atomic E-state index is 0.107. The standard InChI is InChI=1S/C13H15ClN2O2S/c1-2-5-16-12(17)7-11(13(16)18)19-10-6-8(14)3-4-9(10)15/h3-4,6,11H,2,5,7,15H2,1H3. The average molecular weight is 299 g/mol. The van der Waals surface area contributed by atoms with Gasteiger partial charge in [0.05, 0.1) is 5.25 Å². The van der Waals surface area contributed by atoms with Crippen LogP contribution in [-0.4, -0.2) is 28.5 Å². The van der Waals surface area contributed by atoms with Crippen molar-refractivity contribution < 1.29 is 9.59 Å². The van der Waals surface area contributed by atoms with Crippen LogP contribution in [0, 0.1) is 0 Å². The SMILES string of the molecule is CCCN1C(=O)CC(Sc2cc(Cl)ccc2N)C1=O. The minimum atomic E-state index is -0.389. The Morgan fingerprint density at radius 1 is 1.47 bits per heavy atom. The van der Waals surface area contributed by atoms with Gasteiger partial charge in [-0.1, -0.05) is 18.5 Å². The minimum Gasteiger partial charge on any atom is -0.398 e. The van der Waals surface area contributed by atoms with Crippen molar-refractivity contribution in [3.05, 3.63) is 23.2 Å². The van der Waals surface area contributed by atoms with Crippen molar-refractivity contribution >= 4 is 40.9 Å². The van der Waals surface area contributed by atoms with Crippen molar-refractivity contribution in [3.8, 4) is 0 Å². The maximum atomic E-state index is 12.1. The molecule has 1 aliphatic rings. The van der Waals surface area contributed by atoms with Crippen molar-refractivity contribution in [1.29, 1.82) is 0 Å².